The van der Waals surface area contributed by atoms with Gasteiger partial charge in [0.1, 0.15) is 58.0 Å². The number of benzene rings is 2. The number of thiazole rings is 1. The van der Waals surface area contributed by atoms with Crippen LogP contribution in [0.2, 0.25) is 5.02 Å². The largest absolute Gasteiger partial charge is 0.492 e. The smallest absolute Gasteiger partial charge is 0.330 e. The van der Waals surface area contributed by atoms with Gasteiger partial charge in [-0.2, -0.15) is 10.5 Å². The van der Waals surface area contributed by atoms with E-state index in [-0.39, 0.29) is 30.1 Å². The third-order valence-corrected chi connectivity index (χ3v) is 9.33. The number of nitrogen functional groups attached to an aromatic ring is 1. The van der Waals surface area contributed by atoms with Crippen LogP contribution in [0.15, 0.2) is 58.9 Å². The summed E-state index contributed by atoms with van der Waals surface area (Å²) in [6, 6.07) is 17.0. The van der Waals surface area contributed by atoms with E-state index < -0.39 is 24.0 Å². The number of nitrogens with two attached hydrogens (primary N) is 3. The number of carbonyl (C=O) groups excluding carboxylic acids is 2. The van der Waals surface area contributed by atoms with Gasteiger partial charge in [0.15, 0.2) is 0 Å². The Morgan fingerprint density at radius 3 is 2.37 bits per heavy atom. The molecule has 2 aromatic carbocycles. The first-order valence-electron chi connectivity index (χ1n) is 15.3. The van der Waals surface area contributed by atoms with Crippen molar-refractivity contribution >= 4 is 52.5 Å². The molecular weight excluding hydrogens is 684 g/mol. The van der Waals surface area contributed by atoms with Crippen molar-refractivity contribution in [2.45, 2.75) is 49.0 Å². The summed E-state index contributed by atoms with van der Waals surface area (Å²) >= 11 is 8.83. The summed E-state index contributed by atoms with van der Waals surface area (Å²) in [5.74, 6) is -0.517. The minimum atomic E-state index is -0.916. The van der Waals surface area contributed by atoms with Gasteiger partial charge in [-0.25, -0.2) is 19.6 Å². The number of nitrogens with one attached hydrogen (secondary N) is 1. The van der Waals surface area contributed by atoms with E-state index in [1.165, 1.54) is 30.0 Å². The Morgan fingerprint density at radius 1 is 1.02 bits per heavy atom. The summed E-state index contributed by atoms with van der Waals surface area (Å²) in [5.41, 5.74) is 20.4. The predicted octanol–water partition coefficient (Wildman–Crippen LogP) is 5.03. The first kappa shape index (κ1) is 37.3. The van der Waals surface area contributed by atoms with Crippen LogP contribution < -0.4 is 27.3 Å². The van der Waals surface area contributed by atoms with Gasteiger partial charge in [0.25, 0.3) is 0 Å². The molecule has 15 heteroatoms. The lowest BCUT2D eigenvalue weighted by molar-refractivity contribution is -0.162. The van der Waals surface area contributed by atoms with Gasteiger partial charge in [0.05, 0.1) is 11.3 Å². The number of aromatic nitrogens is 2. The van der Waals surface area contributed by atoms with Crippen molar-refractivity contribution < 1.29 is 19.1 Å². The third kappa shape index (κ3) is 10.2. The molecule has 12 nitrogen and oxygen atoms in total. The van der Waals surface area contributed by atoms with Crippen LogP contribution >= 0.6 is 34.7 Å². The number of carbonyl (C=O) groups is 2. The Kier molecular flexibility index (Phi) is 13.9. The van der Waals surface area contributed by atoms with Gasteiger partial charge in [-0.1, -0.05) is 54.0 Å². The number of nitriles is 2. The molecule has 2 atom stereocenters. The van der Waals surface area contributed by atoms with Crippen LogP contribution in [-0.2, 0) is 20.1 Å². The van der Waals surface area contributed by atoms with Crippen molar-refractivity contribution in [3.63, 3.8) is 0 Å². The molecule has 0 radical (unpaired) electrons. The lowest BCUT2D eigenvalue weighted by atomic mass is 9.97. The fourth-order valence-corrected chi connectivity index (χ4v) is 6.56. The molecule has 2 aromatic heterocycles. The highest BCUT2D eigenvalue weighted by molar-refractivity contribution is 7.98. The molecular formula is C34H35ClN8O4S2. The van der Waals surface area contributed by atoms with Crippen LogP contribution in [0, 0.1) is 22.7 Å². The summed E-state index contributed by atoms with van der Waals surface area (Å²) in [6.07, 6.45) is 1.82. The molecule has 0 amide bonds. The van der Waals surface area contributed by atoms with Crippen LogP contribution in [-0.4, -0.2) is 53.7 Å². The van der Waals surface area contributed by atoms with E-state index >= 15 is 0 Å². The Bertz CT molecular complexity index is 1840. The Morgan fingerprint density at radius 2 is 1.71 bits per heavy atom. The quantitative estimate of drug-likeness (QED) is 0.0518. The number of hydrogen-bond acceptors (Lipinski definition) is 14. The Labute approximate surface area is 297 Å². The predicted molar refractivity (Wildman–Crippen MR) is 191 cm³/mol. The first-order valence-corrected chi connectivity index (χ1v) is 17.5. The van der Waals surface area contributed by atoms with Gasteiger partial charge in [0.2, 0.25) is 0 Å². The number of nitrogens with zero attached hydrogens (tertiary/aromatic N) is 4. The number of rotatable bonds is 16. The van der Waals surface area contributed by atoms with Gasteiger partial charge in [-0.3, -0.25) is 0 Å². The molecule has 4 aromatic rings. The van der Waals surface area contributed by atoms with Crippen molar-refractivity contribution in [3.8, 4) is 39.6 Å². The fraction of sp³-hybridized carbons (Fsp3) is 0.294. The van der Waals surface area contributed by atoms with E-state index in [0.717, 1.165) is 22.7 Å². The van der Waals surface area contributed by atoms with E-state index in [0.29, 0.717) is 52.1 Å². The fourth-order valence-electron chi connectivity index (χ4n) is 4.61. The second-order valence-corrected chi connectivity index (χ2v) is 13.0. The van der Waals surface area contributed by atoms with Gasteiger partial charge < -0.3 is 32.0 Å². The highest BCUT2D eigenvalue weighted by atomic mass is 35.5. The minimum Gasteiger partial charge on any atom is -0.492 e. The summed E-state index contributed by atoms with van der Waals surface area (Å²) < 4.78 is 10.7. The summed E-state index contributed by atoms with van der Waals surface area (Å²) in [4.78, 5) is 33.4. The van der Waals surface area contributed by atoms with Gasteiger partial charge in [0, 0.05) is 33.8 Å². The monoisotopic (exact) mass is 718 g/mol. The molecule has 0 aliphatic heterocycles. The van der Waals surface area contributed by atoms with Gasteiger partial charge in [-0.15, -0.1) is 11.3 Å². The minimum absolute atomic E-state index is 0.0210. The molecule has 0 unspecified atom stereocenters. The van der Waals surface area contributed by atoms with Crippen molar-refractivity contribution in [1.29, 1.82) is 10.5 Å². The second kappa shape index (κ2) is 18.3. The average molecular weight is 719 g/mol. The van der Waals surface area contributed by atoms with Gasteiger partial charge in [-0.05, 0) is 56.1 Å². The first-order chi connectivity index (χ1) is 23.6. The highest BCUT2D eigenvalue weighted by Crippen LogP contribution is 2.37. The van der Waals surface area contributed by atoms with Gasteiger partial charge >= 0.3 is 11.9 Å². The van der Waals surface area contributed by atoms with Crippen LogP contribution in [0.25, 0.3) is 21.7 Å². The molecule has 0 aliphatic rings. The lowest BCUT2D eigenvalue weighted by Gasteiger charge is -2.18. The van der Waals surface area contributed by atoms with E-state index in [4.69, 9.17) is 43.3 Å². The van der Waals surface area contributed by atoms with Crippen molar-refractivity contribution in [2.75, 3.05) is 25.4 Å². The van der Waals surface area contributed by atoms with Crippen LogP contribution in [0.5, 0.6) is 5.75 Å². The molecule has 0 saturated heterocycles. The van der Waals surface area contributed by atoms with Crippen molar-refractivity contribution in [3.05, 3.63) is 75.8 Å². The number of halogens is 1. The second-order valence-electron chi connectivity index (χ2n) is 10.8. The zero-order valence-electron chi connectivity index (χ0n) is 26.6. The number of pyridine rings is 1. The van der Waals surface area contributed by atoms with Crippen LogP contribution in [0.3, 0.4) is 0 Å². The van der Waals surface area contributed by atoms with E-state index in [9.17, 15) is 20.1 Å². The molecule has 0 bridgehead atoms. The standard InChI is InChI=1S/C34H35ClN8O4S2/c1-20(39)33(44)47-34(45)28(4-2-3-13-36)41-14-15-46-25-11-7-21(8-12-25)29-26(16-37)30(40)43-32(27(29)17-38)49-19-24-18-48-31(42-24)22-5-9-23(35)10-6-22/h5-12,18,20,28,41H,2-4,13-15,19,36,39H2,1H3,(H2,40,43)/t20-,28-/m0/s1. The van der Waals surface area contributed by atoms with E-state index in [2.05, 4.69) is 22.4 Å². The maximum atomic E-state index is 12.5. The van der Waals surface area contributed by atoms with E-state index in [1.807, 2.05) is 29.6 Å². The number of ether oxygens (including phenoxy) is 2. The topological polar surface area (TPSA) is 216 Å². The van der Waals surface area contributed by atoms with Crippen molar-refractivity contribution in [2.24, 2.45) is 11.5 Å². The molecule has 0 aliphatic carbocycles. The Hall–Kier alpha value is -4.54. The Balaban J connectivity index is 1.43. The highest BCUT2D eigenvalue weighted by Gasteiger charge is 2.24. The number of unbranched alkanes of at least 4 members (excludes halogenated alkanes) is 1. The summed E-state index contributed by atoms with van der Waals surface area (Å²) in [7, 11) is 0. The number of anilines is 1. The SMILES string of the molecule is C[C@H](N)C(=O)OC(=O)[C@H](CCCCN)NCCOc1ccc(-c2c(C#N)c(N)nc(SCc3csc(-c4ccc(Cl)cc4)n3)c2C#N)cc1. The summed E-state index contributed by atoms with van der Waals surface area (Å²) in [6.45, 7) is 2.41. The zero-order chi connectivity index (χ0) is 35.3. The normalized spacial score (nSPS) is 12.0. The summed E-state index contributed by atoms with van der Waals surface area (Å²) in [5, 5.41) is 27.0. The average Bonchev–Trinajstić information content (AvgIpc) is 3.57. The molecule has 7 N–H and O–H groups in total. The van der Waals surface area contributed by atoms with E-state index in [1.54, 1.807) is 24.3 Å². The maximum absolute atomic E-state index is 12.5. The molecule has 2 heterocycles. The lowest BCUT2D eigenvalue weighted by Crippen LogP contribution is -2.43. The van der Waals surface area contributed by atoms with Crippen LogP contribution in [0.4, 0.5) is 5.82 Å². The molecule has 4 rings (SSSR count). The number of hydrogen-bond donors (Lipinski definition) is 4. The van der Waals surface area contributed by atoms with Crippen molar-refractivity contribution in [1.82, 2.24) is 15.3 Å². The molecule has 0 fully saturated rings. The molecule has 254 valence electrons. The number of esters is 2. The molecule has 0 saturated carbocycles. The van der Waals surface area contributed by atoms with Crippen LogP contribution in [0.1, 0.15) is 43.0 Å². The maximum Gasteiger partial charge on any atom is 0.330 e. The molecule has 49 heavy (non-hydrogen) atoms. The zero-order valence-corrected chi connectivity index (χ0v) is 29.0. The third-order valence-electron chi connectivity index (χ3n) is 7.12. The molecule has 0 spiro atoms. The number of thioether (sulfide) groups is 1.